The van der Waals surface area contributed by atoms with Crippen LogP contribution in [0.3, 0.4) is 0 Å². The number of benzene rings is 1. The molecule has 0 aliphatic heterocycles. The Labute approximate surface area is 112 Å². The van der Waals surface area contributed by atoms with E-state index in [4.69, 9.17) is 5.11 Å². The maximum atomic E-state index is 12.9. The number of amides is 1. The third kappa shape index (κ3) is 4.23. The van der Waals surface area contributed by atoms with Gasteiger partial charge in [-0.25, -0.2) is 13.2 Å². The molecule has 1 rings (SSSR count). The lowest BCUT2D eigenvalue weighted by Gasteiger charge is -2.21. The minimum Gasteiger partial charge on any atom is -0.481 e. The van der Waals surface area contributed by atoms with Crippen LogP contribution in [0.2, 0.25) is 0 Å². The van der Waals surface area contributed by atoms with Crippen LogP contribution in [0.5, 0.6) is 0 Å². The molecule has 0 bridgehead atoms. The van der Waals surface area contributed by atoms with Gasteiger partial charge in [0.1, 0.15) is 0 Å². The first kappa shape index (κ1) is 16.0. The fourth-order valence-corrected chi connectivity index (χ4v) is 1.45. The Morgan fingerprint density at radius 3 is 2.20 bits per heavy atom. The van der Waals surface area contributed by atoms with E-state index in [-0.39, 0.29) is 0 Å². The van der Waals surface area contributed by atoms with Crippen LogP contribution in [0.1, 0.15) is 23.7 Å². The van der Waals surface area contributed by atoms with Gasteiger partial charge in [0.05, 0.1) is 12.0 Å². The van der Waals surface area contributed by atoms with E-state index < -0.39 is 53.5 Å². The Balaban J connectivity index is 2.75. The molecule has 0 aliphatic carbocycles. The molecule has 20 heavy (non-hydrogen) atoms. The quantitative estimate of drug-likeness (QED) is 0.708. The topological polar surface area (TPSA) is 86.6 Å². The van der Waals surface area contributed by atoms with Crippen molar-refractivity contribution in [1.29, 1.82) is 0 Å². The molecule has 110 valence electrons. The van der Waals surface area contributed by atoms with Crippen molar-refractivity contribution in [3.8, 4) is 0 Å². The Kier molecular flexibility index (Phi) is 4.72. The molecule has 0 heterocycles. The third-order valence-corrected chi connectivity index (χ3v) is 2.41. The van der Waals surface area contributed by atoms with E-state index >= 15 is 0 Å². The molecule has 0 saturated heterocycles. The summed E-state index contributed by atoms with van der Waals surface area (Å²) in [6.07, 6.45) is -0.626. The molecule has 3 N–H and O–H groups in total. The van der Waals surface area contributed by atoms with Gasteiger partial charge in [-0.2, -0.15) is 0 Å². The lowest BCUT2D eigenvalue weighted by molar-refractivity contribution is -0.141. The highest BCUT2D eigenvalue weighted by Gasteiger charge is 2.25. The van der Waals surface area contributed by atoms with Gasteiger partial charge >= 0.3 is 5.97 Å². The van der Waals surface area contributed by atoms with Crippen molar-refractivity contribution in [3.05, 3.63) is 35.1 Å². The van der Waals surface area contributed by atoms with Gasteiger partial charge in [-0.1, -0.05) is 0 Å². The van der Waals surface area contributed by atoms with Gasteiger partial charge in [0.25, 0.3) is 5.91 Å². The number of carboxylic acid groups (broad SMARTS) is 1. The van der Waals surface area contributed by atoms with E-state index in [1.165, 1.54) is 6.92 Å². The van der Waals surface area contributed by atoms with E-state index in [0.29, 0.717) is 12.1 Å². The van der Waals surface area contributed by atoms with Gasteiger partial charge in [-0.3, -0.25) is 9.59 Å². The molecule has 0 aromatic heterocycles. The summed E-state index contributed by atoms with van der Waals surface area (Å²) in [5, 5.41) is 20.3. The van der Waals surface area contributed by atoms with Crippen molar-refractivity contribution in [2.45, 2.75) is 18.9 Å². The molecule has 0 aliphatic rings. The van der Waals surface area contributed by atoms with Gasteiger partial charge in [-0.15, -0.1) is 0 Å². The zero-order valence-electron chi connectivity index (χ0n) is 10.4. The maximum absolute atomic E-state index is 12.9. The lowest BCUT2D eigenvalue weighted by atomic mass is 10.0. The number of hydrogen-bond acceptors (Lipinski definition) is 3. The molecule has 1 unspecified atom stereocenters. The Bertz CT molecular complexity index is 522. The SMILES string of the molecule is CC(O)(CNC(=O)c1cc(F)c(F)c(F)c1)CC(=O)O. The highest BCUT2D eigenvalue weighted by molar-refractivity contribution is 5.94. The second kappa shape index (κ2) is 5.91. The van der Waals surface area contributed by atoms with Crippen LogP contribution in [-0.2, 0) is 4.79 Å². The highest BCUT2D eigenvalue weighted by Crippen LogP contribution is 2.14. The molecule has 0 spiro atoms. The van der Waals surface area contributed by atoms with Crippen LogP contribution in [0.25, 0.3) is 0 Å². The van der Waals surface area contributed by atoms with Crippen molar-refractivity contribution >= 4 is 11.9 Å². The minimum atomic E-state index is -1.72. The minimum absolute atomic E-state index is 0.446. The van der Waals surface area contributed by atoms with E-state index in [1.54, 1.807) is 0 Å². The summed E-state index contributed by atoms with van der Waals surface area (Å²) >= 11 is 0. The monoisotopic (exact) mass is 291 g/mol. The Morgan fingerprint density at radius 1 is 1.25 bits per heavy atom. The third-order valence-electron chi connectivity index (χ3n) is 2.41. The fraction of sp³-hybridized carbons (Fsp3) is 0.333. The van der Waals surface area contributed by atoms with Gasteiger partial charge in [0.15, 0.2) is 17.5 Å². The summed E-state index contributed by atoms with van der Waals surface area (Å²) in [6, 6.07) is 0.999. The highest BCUT2D eigenvalue weighted by atomic mass is 19.2. The number of hydrogen-bond donors (Lipinski definition) is 3. The van der Waals surface area contributed by atoms with Crippen LogP contribution in [0.15, 0.2) is 12.1 Å². The van der Waals surface area contributed by atoms with Crippen molar-refractivity contribution in [1.82, 2.24) is 5.32 Å². The van der Waals surface area contributed by atoms with Crippen LogP contribution in [0.4, 0.5) is 13.2 Å². The summed E-state index contributed by atoms with van der Waals surface area (Å²) in [5.74, 6) is -6.98. The molecule has 0 radical (unpaired) electrons. The lowest BCUT2D eigenvalue weighted by Crippen LogP contribution is -2.42. The molecule has 8 heteroatoms. The van der Waals surface area contributed by atoms with Gasteiger partial charge < -0.3 is 15.5 Å². The summed E-state index contributed by atoms with van der Waals surface area (Å²) < 4.78 is 38.6. The molecule has 1 aromatic carbocycles. The van der Waals surface area contributed by atoms with Crippen LogP contribution in [-0.4, -0.2) is 34.2 Å². The first-order valence-corrected chi connectivity index (χ1v) is 5.49. The number of carbonyl (C=O) groups excluding carboxylic acids is 1. The number of carboxylic acids is 1. The normalized spacial score (nSPS) is 13.7. The van der Waals surface area contributed by atoms with Gasteiger partial charge in [-0.05, 0) is 19.1 Å². The molecule has 0 fully saturated rings. The van der Waals surface area contributed by atoms with Crippen molar-refractivity contribution in [2.24, 2.45) is 0 Å². The average molecular weight is 291 g/mol. The fourth-order valence-electron chi connectivity index (χ4n) is 1.45. The van der Waals surface area contributed by atoms with Crippen molar-refractivity contribution < 1.29 is 33.0 Å². The summed E-state index contributed by atoms with van der Waals surface area (Å²) in [5.41, 5.74) is -2.20. The van der Waals surface area contributed by atoms with Gasteiger partial charge in [0.2, 0.25) is 0 Å². The summed E-state index contributed by atoms with van der Waals surface area (Å²) in [4.78, 5) is 22.0. The largest absolute Gasteiger partial charge is 0.481 e. The van der Waals surface area contributed by atoms with Gasteiger partial charge in [0, 0.05) is 12.1 Å². The molecular formula is C12H12F3NO4. The molecular weight excluding hydrogens is 279 g/mol. The van der Waals surface area contributed by atoms with Crippen LogP contribution >= 0.6 is 0 Å². The predicted octanol–water partition coefficient (Wildman–Crippen LogP) is 1.06. The number of halogens is 3. The Morgan fingerprint density at radius 2 is 1.75 bits per heavy atom. The number of aliphatic hydroxyl groups is 1. The predicted molar refractivity (Wildman–Crippen MR) is 61.5 cm³/mol. The molecule has 1 amide bonds. The standard InChI is InChI=1S/C12H12F3NO4/c1-12(20,4-9(17)18)5-16-11(19)6-2-7(13)10(15)8(14)3-6/h2-3,20H,4-5H2,1H3,(H,16,19)(H,17,18). The zero-order chi connectivity index (χ0) is 15.5. The van der Waals surface area contributed by atoms with E-state index in [1.807, 2.05) is 0 Å². The Hall–Kier alpha value is -2.09. The number of aliphatic carboxylic acids is 1. The first-order chi connectivity index (χ1) is 9.12. The van der Waals surface area contributed by atoms with Crippen molar-refractivity contribution in [2.75, 3.05) is 6.54 Å². The first-order valence-electron chi connectivity index (χ1n) is 5.49. The summed E-state index contributed by atoms with van der Waals surface area (Å²) in [7, 11) is 0. The number of rotatable bonds is 5. The van der Waals surface area contributed by atoms with Crippen LogP contribution in [0, 0.1) is 17.5 Å². The van der Waals surface area contributed by atoms with Crippen LogP contribution < -0.4 is 5.32 Å². The van der Waals surface area contributed by atoms with E-state index in [0.717, 1.165) is 0 Å². The van der Waals surface area contributed by atoms with Crippen molar-refractivity contribution in [3.63, 3.8) is 0 Å². The average Bonchev–Trinajstić information content (AvgIpc) is 2.31. The summed E-state index contributed by atoms with van der Waals surface area (Å²) in [6.45, 7) is 0.728. The molecule has 1 atom stereocenters. The number of nitrogens with one attached hydrogen (secondary N) is 1. The molecule has 1 aromatic rings. The second-order valence-electron chi connectivity index (χ2n) is 4.50. The smallest absolute Gasteiger partial charge is 0.306 e. The molecule has 0 saturated carbocycles. The van der Waals surface area contributed by atoms with E-state index in [9.17, 15) is 27.9 Å². The second-order valence-corrected chi connectivity index (χ2v) is 4.50. The molecule has 5 nitrogen and oxygen atoms in total. The zero-order valence-corrected chi connectivity index (χ0v) is 10.4. The maximum Gasteiger partial charge on any atom is 0.306 e. The number of carbonyl (C=O) groups is 2. The van der Waals surface area contributed by atoms with E-state index in [2.05, 4.69) is 5.32 Å².